The topological polar surface area (TPSA) is 58.1 Å². The van der Waals surface area contributed by atoms with Gasteiger partial charge in [-0.3, -0.25) is 4.79 Å². The maximum atomic E-state index is 12.4. The van der Waals surface area contributed by atoms with Crippen LogP contribution in [-0.4, -0.2) is 33.9 Å². The summed E-state index contributed by atoms with van der Waals surface area (Å²) in [6, 6.07) is 6.21. The van der Waals surface area contributed by atoms with Crippen molar-refractivity contribution in [3.05, 3.63) is 40.8 Å². The number of carbonyl (C=O) groups is 1. The number of nitrogens with one attached hydrogen (secondary N) is 1. The minimum Gasteiger partial charge on any atom is -0.354 e. The molecule has 3 rings (SSSR count). The molecule has 0 radical (unpaired) electrons. The molecule has 6 heteroatoms. The third-order valence-corrected chi connectivity index (χ3v) is 4.61. The van der Waals surface area contributed by atoms with Gasteiger partial charge in [-0.25, -0.2) is 9.97 Å². The summed E-state index contributed by atoms with van der Waals surface area (Å²) in [5.41, 5.74) is 0. The molecule has 21 heavy (non-hydrogen) atoms. The first-order valence-corrected chi connectivity index (χ1v) is 8.06. The maximum absolute atomic E-state index is 12.4. The Bertz CT molecular complexity index is 573. The average molecular weight is 302 g/mol. The normalized spacial score (nSPS) is 17.9. The summed E-state index contributed by atoms with van der Waals surface area (Å²) >= 11 is 1.73. The summed E-state index contributed by atoms with van der Waals surface area (Å²) in [7, 11) is 0. The second-order valence-corrected chi connectivity index (χ2v) is 5.99. The van der Waals surface area contributed by atoms with E-state index in [0.717, 1.165) is 19.4 Å². The van der Waals surface area contributed by atoms with Gasteiger partial charge in [-0.15, -0.1) is 11.3 Å². The second kappa shape index (κ2) is 6.67. The highest BCUT2D eigenvalue weighted by molar-refractivity contribution is 7.10. The molecule has 0 spiro atoms. The number of rotatable bonds is 5. The van der Waals surface area contributed by atoms with E-state index in [9.17, 15) is 4.79 Å². The quantitative estimate of drug-likeness (QED) is 0.922. The Kier molecular flexibility index (Phi) is 4.45. The monoisotopic (exact) mass is 302 g/mol. The summed E-state index contributed by atoms with van der Waals surface area (Å²) < 4.78 is 0. The van der Waals surface area contributed by atoms with Crippen LogP contribution in [0, 0.1) is 0 Å². The zero-order valence-corrected chi connectivity index (χ0v) is 12.6. The number of aromatic nitrogens is 2. The lowest BCUT2D eigenvalue weighted by molar-refractivity contribution is -0.131. The van der Waals surface area contributed by atoms with Crippen molar-refractivity contribution in [1.29, 1.82) is 0 Å². The van der Waals surface area contributed by atoms with Crippen LogP contribution in [0.2, 0.25) is 0 Å². The lowest BCUT2D eigenvalue weighted by atomic mass is 10.2. The van der Waals surface area contributed by atoms with E-state index in [2.05, 4.69) is 32.8 Å². The van der Waals surface area contributed by atoms with E-state index in [0.29, 0.717) is 18.9 Å². The van der Waals surface area contributed by atoms with Crippen molar-refractivity contribution in [3.63, 3.8) is 0 Å². The first-order chi connectivity index (χ1) is 10.3. The van der Waals surface area contributed by atoms with Gasteiger partial charge < -0.3 is 10.2 Å². The molecule has 1 saturated heterocycles. The van der Waals surface area contributed by atoms with E-state index < -0.39 is 0 Å². The average Bonchev–Trinajstić information content (AvgIpc) is 3.19. The minimum absolute atomic E-state index is 0.203. The molecule has 1 fully saturated rings. The number of hydrogen-bond acceptors (Lipinski definition) is 5. The molecule has 2 aromatic heterocycles. The van der Waals surface area contributed by atoms with Gasteiger partial charge in [-0.2, -0.15) is 0 Å². The molecule has 0 aromatic carbocycles. The lowest BCUT2D eigenvalue weighted by Crippen LogP contribution is -2.31. The maximum Gasteiger partial charge on any atom is 0.224 e. The van der Waals surface area contributed by atoms with Gasteiger partial charge in [0.05, 0.1) is 6.04 Å². The van der Waals surface area contributed by atoms with Gasteiger partial charge in [-0.05, 0) is 30.4 Å². The van der Waals surface area contributed by atoms with Crippen LogP contribution in [0.3, 0.4) is 0 Å². The highest BCUT2D eigenvalue weighted by atomic mass is 32.1. The Labute approximate surface area is 128 Å². The van der Waals surface area contributed by atoms with E-state index in [1.807, 2.05) is 4.90 Å². The Morgan fingerprint density at radius 3 is 3.00 bits per heavy atom. The Hall–Kier alpha value is -1.95. The van der Waals surface area contributed by atoms with Crippen LogP contribution in [0.5, 0.6) is 0 Å². The van der Waals surface area contributed by atoms with Crippen molar-refractivity contribution < 1.29 is 4.79 Å². The van der Waals surface area contributed by atoms with Gasteiger partial charge >= 0.3 is 0 Å². The molecule has 1 N–H and O–H groups in total. The molecule has 1 unspecified atom stereocenters. The van der Waals surface area contributed by atoms with Crippen molar-refractivity contribution >= 4 is 23.2 Å². The molecule has 5 nitrogen and oxygen atoms in total. The van der Waals surface area contributed by atoms with Crippen molar-refractivity contribution in [2.45, 2.75) is 25.3 Å². The fourth-order valence-electron chi connectivity index (χ4n) is 2.66. The highest BCUT2D eigenvalue weighted by Crippen LogP contribution is 2.34. The zero-order valence-electron chi connectivity index (χ0n) is 11.7. The molecular weight excluding hydrogens is 284 g/mol. The minimum atomic E-state index is 0.203. The molecule has 1 aliphatic rings. The van der Waals surface area contributed by atoms with Crippen LogP contribution in [0.15, 0.2) is 36.0 Å². The van der Waals surface area contributed by atoms with Crippen molar-refractivity contribution in [2.75, 3.05) is 18.4 Å². The number of hydrogen-bond donors (Lipinski definition) is 1. The predicted molar refractivity (Wildman–Crippen MR) is 83.1 cm³/mol. The zero-order chi connectivity index (χ0) is 14.5. The predicted octanol–water partition coefficient (Wildman–Crippen LogP) is 2.70. The Morgan fingerprint density at radius 2 is 2.24 bits per heavy atom. The Morgan fingerprint density at radius 1 is 1.38 bits per heavy atom. The molecule has 0 aliphatic carbocycles. The molecule has 110 valence electrons. The van der Waals surface area contributed by atoms with E-state index in [4.69, 9.17) is 0 Å². The third-order valence-electron chi connectivity index (χ3n) is 3.63. The molecule has 1 amide bonds. The van der Waals surface area contributed by atoms with Gasteiger partial charge in [0.1, 0.15) is 0 Å². The van der Waals surface area contributed by atoms with Gasteiger partial charge in [-0.1, -0.05) is 6.07 Å². The number of amides is 1. The molecule has 1 atom stereocenters. The molecule has 0 bridgehead atoms. The van der Waals surface area contributed by atoms with E-state index in [1.54, 1.807) is 29.8 Å². The fraction of sp³-hybridized carbons (Fsp3) is 0.400. The van der Waals surface area contributed by atoms with Crippen molar-refractivity contribution in [1.82, 2.24) is 14.9 Å². The van der Waals surface area contributed by atoms with Crippen LogP contribution in [0.4, 0.5) is 5.95 Å². The van der Waals surface area contributed by atoms with Crippen LogP contribution >= 0.6 is 11.3 Å². The van der Waals surface area contributed by atoms with Crippen molar-refractivity contribution in [2.24, 2.45) is 0 Å². The standard InChI is InChI=1S/C15H18N4OS/c20-14(6-9-18-15-16-7-3-8-17-15)19-10-1-4-12(19)13-5-2-11-21-13/h2-3,5,7-8,11-12H,1,4,6,9-10H2,(H,16,17,18). The lowest BCUT2D eigenvalue weighted by Gasteiger charge is -2.24. The summed E-state index contributed by atoms with van der Waals surface area (Å²) in [6.07, 6.45) is 6.00. The molecule has 3 heterocycles. The first-order valence-electron chi connectivity index (χ1n) is 7.18. The fourth-order valence-corrected chi connectivity index (χ4v) is 3.53. The van der Waals surface area contributed by atoms with Crippen LogP contribution < -0.4 is 5.32 Å². The van der Waals surface area contributed by atoms with Crippen LogP contribution in [-0.2, 0) is 4.79 Å². The van der Waals surface area contributed by atoms with Crippen molar-refractivity contribution in [3.8, 4) is 0 Å². The second-order valence-electron chi connectivity index (χ2n) is 5.01. The summed E-state index contributed by atoms with van der Waals surface area (Å²) in [5.74, 6) is 0.774. The van der Waals surface area contributed by atoms with E-state index in [-0.39, 0.29) is 11.9 Å². The Balaban J connectivity index is 1.53. The number of anilines is 1. The number of nitrogens with zero attached hydrogens (tertiary/aromatic N) is 3. The SMILES string of the molecule is O=C(CCNc1ncccn1)N1CCCC1c1cccs1. The molecule has 2 aromatic rings. The van der Waals surface area contributed by atoms with Gasteiger partial charge in [0.25, 0.3) is 0 Å². The van der Waals surface area contributed by atoms with Crippen LogP contribution in [0.25, 0.3) is 0 Å². The van der Waals surface area contributed by atoms with Gasteiger partial charge in [0, 0.05) is 36.8 Å². The largest absolute Gasteiger partial charge is 0.354 e. The summed E-state index contributed by atoms with van der Waals surface area (Å²) in [5, 5.41) is 5.16. The third kappa shape index (κ3) is 3.39. The van der Waals surface area contributed by atoms with Gasteiger partial charge in [0.15, 0.2) is 0 Å². The van der Waals surface area contributed by atoms with Crippen LogP contribution in [0.1, 0.15) is 30.2 Å². The van der Waals surface area contributed by atoms with E-state index in [1.165, 1.54) is 4.88 Å². The first kappa shape index (κ1) is 14.0. The number of thiophene rings is 1. The number of likely N-dealkylation sites (tertiary alicyclic amines) is 1. The molecule has 1 aliphatic heterocycles. The molecule has 0 saturated carbocycles. The van der Waals surface area contributed by atoms with E-state index >= 15 is 0 Å². The number of carbonyl (C=O) groups excluding carboxylic acids is 1. The highest BCUT2D eigenvalue weighted by Gasteiger charge is 2.29. The molecular formula is C15H18N4OS. The summed E-state index contributed by atoms with van der Waals surface area (Å²) in [4.78, 5) is 23.9. The summed E-state index contributed by atoms with van der Waals surface area (Å²) in [6.45, 7) is 1.43. The van der Waals surface area contributed by atoms with Gasteiger partial charge in [0.2, 0.25) is 11.9 Å². The smallest absolute Gasteiger partial charge is 0.224 e.